The van der Waals surface area contributed by atoms with Crippen molar-refractivity contribution in [3.8, 4) is 11.5 Å². The van der Waals surface area contributed by atoms with E-state index in [2.05, 4.69) is 5.32 Å². The molecule has 1 unspecified atom stereocenters. The van der Waals surface area contributed by atoms with Crippen LogP contribution in [0.15, 0.2) is 48.5 Å². The fraction of sp³-hybridized carbons (Fsp3) is 0.294. The van der Waals surface area contributed by atoms with Gasteiger partial charge in [0, 0.05) is 18.2 Å². The number of phenols is 1. The summed E-state index contributed by atoms with van der Waals surface area (Å²) in [5, 5.41) is 22.8. The maximum Gasteiger partial charge on any atom is 0.162 e. The van der Waals surface area contributed by atoms with Crippen molar-refractivity contribution < 1.29 is 14.9 Å². The highest BCUT2D eigenvalue weighted by Crippen LogP contribution is 2.29. The molecule has 0 radical (unpaired) electrons. The minimum atomic E-state index is -0.0574. The number of nitrogens with one attached hydrogen (secondary N) is 1. The number of aliphatic hydroxyl groups excluding tert-OH is 1. The van der Waals surface area contributed by atoms with Gasteiger partial charge in [-0.25, -0.2) is 0 Å². The lowest BCUT2D eigenvalue weighted by atomic mass is 10.1. The van der Waals surface area contributed by atoms with Crippen LogP contribution >= 0.6 is 0 Å². The van der Waals surface area contributed by atoms with Gasteiger partial charge in [-0.15, -0.1) is 0 Å². The van der Waals surface area contributed by atoms with E-state index in [1.54, 1.807) is 6.07 Å². The summed E-state index contributed by atoms with van der Waals surface area (Å²) in [7, 11) is 1.53. The second-order valence-corrected chi connectivity index (χ2v) is 4.92. The number of hydrogen-bond donors (Lipinski definition) is 3. The van der Waals surface area contributed by atoms with Crippen LogP contribution in [0.25, 0.3) is 0 Å². The van der Waals surface area contributed by atoms with E-state index < -0.39 is 0 Å². The summed E-state index contributed by atoms with van der Waals surface area (Å²) in [6.07, 6.45) is 0.738. The number of methoxy groups -OCH3 is 1. The Kier molecular flexibility index (Phi) is 5.60. The van der Waals surface area contributed by atoms with E-state index in [1.165, 1.54) is 12.7 Å². The molecule has 0 aliphatic carbocycles. The molecule has 1 atom stereocenters. The molecule has 21 heavy (non-hydrogen) atoms. The first-order valence-corrected chi connectivity index (χ1v) is 6.97. The molecule has 112 valence electrons. The summed E-state index contributed by atoms with van der Waals surface area (Å²) in [6, 6.07) is 15.3. The van der Waals surface area contributed by atoms with Gasteiger partial charge in [0.1, 0.15) is 0 Å². The Labute approximate surface area is 125 Å². The zero-order valence-corrected chi connectivity index (χ0v) is 12.1. The van der Waals surface area contributed by atoms with E-state index in [1.807, 2.05) is 42.5 Å². The summed E-state index contributed by atoms with van der Waals surface area (Å²) in [6.45, 7) is 0.515. The van der Waals surface area contributed by atoms with E-state index in [0.717, 1.165) is 12.0 Å². The smallest absolute Gasteiger partial charge is 0.162 e. The molecular formula is C17H21NO3. The average molecular weight is 287 g/mol. The van der Waals surface area contributed by atoms with Crippen LogP contribution in [0.5, 0.6) is 11.5 Å². The Hall–Kier alpha value is -2.04. The monoisotopic (exact) mass is 287 g/mol. The van der Waals surface area contributed by atoms with Gasteiger partial charge in [0.25, 0.3) is 0 Å². The van der Waals surface area contributed by atoms with Gasteiger partial charge in [0.05, 0.1) is 13.7 Å². The summed E-state index contributed by atoms with van der Waals surface area (Å²) in [4.78, 5) is 0. The van der Waals surface area contributed by atoms with Crippen molar-refractivity contribution in [2.75, 3.05) is 13.7 Å². The second-order valence-electron chi connectivity index (χ2n) is 4.92. The zero-order valence-electron chi connectivity index (χ0n) is 12.1. The number of hydrogen-bond acceptors (Lipinski definition) is 4. The van der Waals surface area contributed by atoms with E-state index in [-0.39, 0.29) is 18.4 Å². The maximum atomic E-state index is 10.0. The Bertz CT molecular complexity index is 557. The van der Waals surface area contributed by atoms with Crippen LogP contribution in [-0.2, 0) is 13.0 Å². The number of phenolic OH excluding ortho intramolecular Hbond substituents is 1. The zero-order chi connectivity index (χ0) is 15.1. The van der Waals surface area contributed by atoms with Crippen LogP contribution in [0.4, 0.5) is 0 Å². The Balaban J connectivity index is 1.97. The van der Waals surface area contributed by atoms with Crippen molar-refractivity contribution in [1.82, 2.24) is 5.32 Å². The molecule has 0 aliphatic rings. The number of benzene rings is 2. The Morgan fingerprint density at radius 1 is 1.10 bits per heavy atom. The standard InChI is InChI=1S/C17H21NO3/c1-21-16-9-5-8-14(17(16)20)11-18-15(12-19)10-13-6-3-2-4-7-13/h2-9,15,18-20H,10-12H2,1H3. The van der Waals surface area contributed by atoms with Gasteiger partial charge in [0.15, 0.2) is 11.5 Å². The van der Waals surface area contributed by atoms with Crippen LogP contribution in [0.3, 0.4) is 0 Å². The molecule has 4 nitrogen and oxygen atoms in total. The van der Waals surface area contributed by atoms with Gasteiger partial charge < -0.3 is 20.3 Å². The van der Waals surface area contributed by atoms with Gasteiger partial charge in [0.2, 0.25) is 0 Å². The first-order valence-electron chi connectivity index (χ1n) is 6.97. The summed E-state index contributed by atoms with van der Waals surface area (Å²) in [5.41, 5.74) is 1.92. The van der Waals surface area contributed by atoms with E-state index in [4.69, 9.17) is 4.74 Å². The van der Waals surface area contributed by atoms with E-state index >= 15 is 0 Å². The van der Waals surface area contributed by atoms with Gasteiger partial charge in [-0.1, -0.05) is 42.5 Å². The first-order chi connectivity index (χ1) is 10.2. The molecule has 2 rings (SSSR count). The number of para-hydroxylation sites is 1. The summed E-state index contributed by atoms with van der Waals surface area (Å²) >= 11 is 0. The van der Waals surface area contributed by atoms with Gasteiger partial charge in [-0.05, 0) is 18.1 Å². The molecule has 0 heterocycles. The normalized spacial score (nSPS) is 12.1. The van der Waals surface area contributed by atoms with Crippen LogP contribution in [0, 0.1) is 0 Å². The SMILES string of the molecule is COc1cccc(CNC(CO)Cc2ccccc2)c1O. The summed E-state index contributed by atoms with van der Waals surface area (Å²) in [5.74, 6) is 0.599. The fourth-order valence-electron chi connectivity index (χ4n) is 2.23. The molecule has 0 spiro atoms. The molecule has 0 bridgehead atoms. The van der Waals surface area contributed by atoms with Crippen LogP contribution in [0.2, 0.25) is 0 Å². The highest BCUT2D eigenvalue weighted by molar-refractivity contribution is 5.45. The van der Waals surface area contributed by atoms with Gasteiger partial charge in [-0.2, -0.15) is 0 Å². The second kappa shape index (κ2) is 7.67. The van der Waals surface area contributed by atoms with E-state index in [9.17, 15) is 10.2 Å². The highest BCUT2D eigenvalue weighted by atomic mass is 16.5. The third kappa shape index (κ3) is 4.21. The van der Waals surface area contributed by atoms with Crippen molar-refractivity contribution in [2.24, 2.45) is 0 Å². The molecular weight excluding hydrogens is 266 g/mol. The molecule has 0 aliphatic heterocycles. The molecule has 4 heteroatoms. The first kappa shape index (κ1) is 15.4. The number of aliphatic hydroxyl groups is 1. The predicted octanol–water partition coefficient (Wildman–Crippen LogP) is 2.09. The van der Waals surface area contributed by atoms with Gasteiger partial charge in [-0.3, -0.25) is 0 Å². The number of rotatable bonds is 7. The molecule has 0 aromatic heterocycles. The van der Waals surface area contributed by atoms with E-state index in [0.29, 0.717) is 12.3 Å². The fourth-order valence-corrected chi connectivity index (χ4v) is 2.23. The molecule has 0 saturated heterocycles. The minimum Gasteiger partial charge on any atom is -0.504 e. The molecule has 3 N–H and O–H groups in total. The predicted molar refractivity (Wildman–Crippen MR) is 82.5 cm³/mol. The van der Waals surface area contributed by atoms with Crippen molar-refractivity contribution in [3.05, 3.63) is 59.7 Å². The molecule has 0 amide bonds. The van der Waals surface area contributed by atoms with Gasteiger partial charge >= 0.3 is 0 Å². The Morgan fingerprint density at radius 2 is 1.86 bits per heavy atom. The molecule has 2 aromatic rings. The third-order valence-electron chi connectivity index (χ3n) is 3.43. The number of aromatic hydroxyl groups is 1. The number of ether oxygens (including phenoxy) is 1. The lowest BCUT2D eigenvalue weighted by Crippen LogP contribution is -2.34. The third-order valence-corrected chi connectivity index (χ3v) is 3.43. The Morgan fingerprint density at radius 3 is 2.52 bits per heavy atom. The maximum absolute atomic E-state index is 10.0. The molecule has 0 saturated carbocycles. The topological polar surface area (TPSA) is 61.7 Å². The largest absolute Gasteiger partial charge is 0.504 e. The van der Waals surface area contributed by atoms with Crippen molar-refractivity contribution in [1.29, 1.82) is 0 Å². The van der Waals surface area contributed by atoms with Crippen LogP contribution < -0.4 is 10.1 Å². The van der Waals surface area contributed by atoms with Crippen LogP contribution in [-0.4, -0.2) is 30.0 Å². The molecule has 2 aromatic carbocycles. The van der Waals surface area contributed by atoms with Crippen molar-refractivity contribution >= 4 is 0 Å². The average Bonchev–Trinajstić information content (AvgIpc) is 2.53. The quantitative estimate of drug-likeness (QED) is 0.730. The lowest BCUT2D eigenvalue weighted by molar-refractivity contribution is 0.240. The summed E-state index contributed by atoms with van der Waals surface area (Å²) < 4.78 is 5.09. The van der Waals surface area contributed by atoms with Crippen molar-refractivity contribution in [3.63, 3.8) is 0 Å². The minimum absolute atomic E-state index is 0.0413. The molecule has 0 fully saturated rings. The van der Waals surface area contributed by atoms with Crippen molar-refractivity contribution in [2.45, 2.75) is 19.0 Å². The highest BCUT2D eigenvalue weighted by Gasteiger charge is 2.11. The lowest BCUT2D eigenvalue weighted by Gasteiger charge is -2.17. The van der Waals surface area contributed by atoms with Crippen LogP contribution in [0.1, 0.15) is 11.1 Å².